The van der Waals surface area contributed by atoms with E-state index in [0.717, 1.165) is 53.6 Å². The summed E-state index contributed by atoms with van der Waals surface area (Å²) in [5.74, 6) is -1.23. The third-order valence-electron chi connectivity index (χ3n) is 12.7. The van der Waals surface area contributed by atoms with Crippen LogP contribution in [0.4, 0.5) is 15.8 Å². The highest BCUT2D eigenvalue weighted by molar-refractivity contribution is 6.23. The molecule has 70 heavy (non-hydrogen) atoms. The Morgan fingerprint density at radius 1 is 0.857 bits per heavy atom. The lowest BCUT2D eigenvalue weighted by Gasteiger charge is -2.36. The van der Waals surface area contributed by atoms with E-state index in [1.807, 2.05) is 65.9 Å². The number of piperazine rings is 1. The monoisotopic (exact) mass is 959 g/mol. The highest BCUT2D eigenvalue weighted by atomic mass is 19.1. The van der Waals surface area contributed by atoms with Crippen LogP contribution in [-0.4, -0.2) is 136 Å². The van der Waals surface area contributed by atoms with Crippen LogP contribution in [0.3, 0.4) is 0 Å². The summed E-state index contributed by atoms with van der Waals surface area (Å²) in [6.45, 7) is 8.23. The minimum Gasteiger partial charge on any atom is -0.494 e. The molecule has 20 heteroatoms. The molecule has 0 aliphatic carbocycles. The zero-order valence-corrected chi connectivity index (χ0v) is 39.4. The summed E-state index contributed by atoms with van der Waals surface area (Å²) in [4.78, 5) is 76.7. The minimum absolute atomic E-state index is 0.0125. The maximum Gasteiger partial charge on any atom is 0.262 e. The van der Waals surface area contributed by atoms with Crippen molar-refractivity contribution in [3.63, 3.8) is 0 Å². The lowest BCUT2D eigenvalue weighted by Crippen LogP contribution is -2.54. The zero-order valence-electron chi connectivity index (χ0n) is 39.4. The summed E-state index contributed by atoms with van der Waals surface area (Å²) in [5, 5.41) is 17.2. The molecule has 2 fully saturated rings. The van der Waals surface area contributed by atoms with Gasteiger partial charge in [0.15, 0.2) is 11.6 Å². The molecule has 0 bridgehead atoms. The van der Waals surface area contributed by atoms with E-state index in [9.17, 15) is 24.0 Å². The molecule has 5 aromatic rings. The largest absolute Gasteiger partial charge is 0.494 e. The summed E-state index contributed by atoms with van der Waals surface area (Å²) < 4.78 is 34.8. The van der Waals surface area contributed by atoms with Gasteiger partial charge in [0.05, 0.1) is 55.8 Å². The Hall–Kier alpha value is -7.16. The van der Waals surface area contributed by atoms with Gasteiger partial charge in [-0.1, -0.05) is 24.6 Å². The fraction of sp³-hybridized carbons (Fsp3) is 0.420. The lowest BCUT2D eigenvalue weighted by molar-refractivity contribution is -0.136. The van der Waals surface area contributed by atoms with Crippen molar-refractivity contribution in [1.29, 1.82) is 0 Å². The number of nitrogens with zero attached hydrogens (tertiary/aromatic N) is 8. The molecule has 3 aromatic carbocycles. The van der Waals surface area contributed by atoms with Gasteiger partial charge in [-0.15, -0.1) is 10.2 Å². The average Bonchev–Trinajstić information content (AvgIpc) is 3.85. The number of unbranched alkanes of at least 4 members (excludes halogenated alkanes) is 3. The van der Waals surface area contributed by atoms with Crippen LogP contribution in [0.1, 0.15) is 94.0 Å². The van der Waals surface area contributed by atoms with Crippen molar-refractivity contribution < 1.29 is 42.6 Å². The van der Waals surface area contributed by atoms with E-state index in [1.165, 1.54) is 12.4 Å². The number of hydrogen-bond acceptors (Lipinski definition) is 15. The number of fused-ring (bicyclic) bond motifs is 1. The number of halogens is 1. The summed E-state index contributed by atoms with van der Waals surface area (Å²) in [5.41, 5.74) is 3.16. The number of carbonyl (C=O) groups is 5. The van der Waals surface area contributed by atoms with Crippen LogP contribution >= 0.6 is 0 Å². The standard InChI is InChI=1S/C50H58FN11O8/c1-33(55-47(64)35-10-7-11-36(27-35)53-31-44-57-58-46(59(44)2)41-15-16-52-32-54-41)34-9-8-12-37(28-34)70-23-6-4-3-5-22-68-25-26-69-24-21-60-17-19-61(20-18-60)43-30-39-38(29-40(43)51)49(66)62(50(39)67)42-13-14-45(63)56-48(42)65/h7-12,15-16,27-30,32-33,42,53H,3-6,13-14,17-26,31H2,1-2H3,(H,55,64)(H,56,63,65). The predicted octanol–water partition coefficient (Wildman–Crippen LogP) is 4.71. The van der Waals surface area contributed by atoms with E-state index in [4.69, 9.17) is 14.2 Å². The molecule has 19 nitrogen and oxygen atoms in total. The third kappa shape index (κ3) is 12.2. The maximum atomic E-state index is 15.3. The van der Waals surface area contributed by atoms with E-state index < -0.39 is 35.5 Å². The number of rotatable bonds is 23. The summed E-state index contributed by atoms with van der Waals surface area (Å²) in [7, 11) is 1.88. The van der Waals surface area contributed by atoms with Gasteiger partial charge in [0, 0.05) is 70.2 Å². The van der Waals surface area contributed by atoms with Crippen LogP contribution in [-0.2, 0) is 32.7 Å². The van der Waals surface area contributed by atoms with Gasteiger partial charge in [0.2, 0.25) is 11.8 Å². The third-order valence-corrected chi connectivity index (χ3v) is 12.7. The Labute approximate surface area is 405 Å². The number of aromatic nitrogens is 5. The minimum atomic E-state index is -1.10. The molecule has 368 valence electrons. The van der Waals surface area contributed by atoms with Gasteiger partial charge >= 0.3 is 0 Å². The Morgan fingerprint density at radius 3 is 2.39 bits per heavy atom. The van der Waals surface area contributed by atoms with E-state index in [1.54, 1.807) is 18.3 Å². The summed E-state index contributed by atoms with van der Waals surface area (Å²) in [6, 6.07) is 18.1. The Balaban J connectivity index is 0.649. The van der Waals surface area contributed by atoms with Crippen LogP contribution < -0.4 is 25.6 Å². The molecule has 3 N–H and O–H groups in total. The second-order valence-corrected chi connectivity index (χ2v) is 17.4. The van der Waals surface area contributed by atoms with Crippen molar-refractivity contribution in [3.8, 4) is 17.3 Å². The molecule has 2 unspecified atom stereocenters. The number of anilines is 2. The molecule has 5 amide bonds. The molecule has 2 saturated heterocycles. The fourth-order valence-electron chi connectivity index (χ4n) is 8.65. The average molecular weight is 960 g/mol. The van der Waals surface area contributed by atoms with Crippen LogP contribution in [0.15, 0.2) is 79.3 Å². The summed E-state index contributed by atoms with van der Waals surface area (Å²) in [6.07, 6.45) is 7.06. The van der Waals surface area contributed by atoms with Gasteiger partial charge in [-0.05, 0) is 86.7 Å². The first kappa shape index (κ1) is 49.3. The van der Waals surface area contributed by atoms with Crippen molar-refractivity contribution >= 4 is 40.9 Å². The quantitative estimate of drug-likeness (QED) is 0.0597. The lowest BCUT2D eigenvalue weighted by atomic mass is 10.0. The molecule has 0 saturated carbocycles. The van der Waals surface area contributed by atoms with Crippen LogP contribution in [0, 0.1) is 5.82 Å². The van der Waals surface area contributed by atoms with Gasteiger partial charge < -0.3 is 34.3 Å². The van der Waals surface area contributed by atoms with Crippen LogP contribution in [0.2, 0.25) is 0 Å². The molecule has 0 spiro atoms. The van der Waals surface area contributed by atoms with Gasteiger partial charge in [0.25, 0.3) is 17.7 Å². The first-order chi connectivity index (χ1) is 34.0. The van der Waals surface area contributed by atoms with Gasteiger partial charge in [-0.3, -0.25) is 39.1 Å². The van der Waals surface area contributed by atoms with E-state index in [0.29, 0.717) is 95.2 Å². The normalized spacial score (nSPS) is 16.6. The molecule has 0 radical (unpaired) electrons. The van der Waals surface area contributed by atoms with E-state index in [-0.39, 0.29) is 41.6 Å². The fourth-order valence-corrected chi connectivity index (χ4v) is 8.65. The molecule has 2 aromatic heterocycles. The second kappa shape index (κ2) is 23.4. The molecule has 3 aliphatic rings. The number of imide groups is 2. The Kier molecular flexibility index (Phi) is 16.5. The van der Waals surface area contributed by atoms with Gasteiger partial charge in [-0.2, -0.15) is 0 Å². The van der Waals surface area contributed by atoms with Gasteiger partial charge in [-0.25, -0.2) is 14.4 Å². The maximum absolute atomic E-state index is 15.3. The van der Waals surface area contributed by atoms with Crippen LogP contribution in [0.25, 0.3) is 11.5 Å². The second-order valence-electron chi connectivity index (χ2n) is 17.4. The molecule has 8 rings (SSSR count). The Morgan fingerprint density at radius 2 is 1.61 bits per heavy atom. The first-order valence-electron chi connectivity index (χ1n) is 23.7. The zero-order chi connectivity index (χ0) is 49.0. The number of piperidine rings is 1. The van der Waals surface area contributed by atoms with E-state index >= 15 is 4.39 Å². The van der Waals surface area contributed by atoms with Crippen molar-refractivity contribution in [3.05, 3.63) is 113 Å². The smallest absolute Gasteiger partial charge is 0.262 e. The number of carbonyl (C=O) groups excluding carboxylic acids is 5. The van der Waals surface area contributed by atoms with Crippen molar-refractivity contribution in [2.24, 2.45) is 7.05 Å². The molecule has 2 atom stereocenters. The number of benzene rings is 3. The topological polar surface area (TPSA) is 215 Å². The van der Waals surface area contributed by atoms with Crippen molar-refractivity contribution in [1.82, 2.24) is 45.2 Å². The predicted molar refractivity (Wildman–Crippen MR) is 255 cm³/mol. The molecule has 5 heterocycles. The summed E-state index contributed by atoms with van der Waals surface area (Å²) >= 11 is 0. The van der Waals surface area contributed by atoms with Crippen LogP contribution in [0.5, 0.6) is 5.75 Å². The first-order valence-corrected chi connectivity index (χ1v) is 23.7. The Bertz CT molecular complexity index is 2660. The molecular weight excluding hydrogens is 902 g/mol. The van der Waals surface area contributed by atoms with Crippen molar-refractivity contribution in [2.75, 3.05) is 76.0 Å². The number of hydrogen-bond donors (Lipinski definition) is 3. The molecular formula is C50H58FN11O8. The number of nitrogens with one attached hydrogen (secondary N) is 3. The van der Waals surface area contributed by atoms with Gasteiger partial charge in [0.1, 0.15) is 29.6 Å². The highest BCUT2D eigenvalue weighted by Crippen LogP contribution is 2.33. The molecule has 3 aliphatic heterocycles. The number of amides is 5. The number of ether oxygens (including phenoxy) is 3. The van der Waals surface area contributed by atoms with E-state index in [2.05, 4.69) is 41.0 Å². The highest BCUT2D eigenvalue weighted by Gasteiger charge is 2.45. The van der Waals surface area contributed by atoms with Crippen molar-refractivity contribution in [2.45, 2.75) is 64.1 Å². The SMILES string of the molecule is CC(NC(=O)c1cccc(NCc2nnc(-c3ccncn3)n2C)c1)c1cccc(OCCCCCCOCCOCCN2CCN(c3cc4c(cc3F)C(=O)N(C3CCC(=O)NC3=O)C4=O)CC2)c1.